The summed E-state index contributed by atoms with van der Waals surface area (Å²) in [6, 6.07) is 8.07. The molecule has 1 aromatic carbocycles. The van der Waals surface area contributed by atoms with E-state index in [0.717, 1.165) is 74.8 Å². The largest absolute Gasteiger partial charge is 0.379 e. The van der Waals surface area contributed by atoms with E-state index in [0.29, 0.717) is 12.7 Å². The van der Waals surface area contributed by atoms with Gasteiger partial charge in [-0.25, -0.2) is 4.98 Å². The van der Waals surface area contributed by atoms with E-state index < -0.39 is 0 Å². The number of halogens is 1. The molecule has 3 N–H and O–H groups in total. The van der Waals surface area contributed by atoms with Crippen molar-refractivity contribution in [3.05, 3.63) is 30.1 Å². The normalized spacial score (nSPS) is 17.1. The number of hydrogen-bond donors (Lipinski definition) is 3. The van der Waals surface area contributed by atoms with Crippen molar-refractivity contribution in [2.45, 2.75) is 31.8 Å². The maximum atomic E-state index is 5.66. The number of hydrogen-bond acceptors (Lipinski definition) is 4. The number of aromatic amines is 1. The SMILES string of the molecule is CN=C(NCCCOCC1CCCO1)NCCc1nc2ccccc2[nH]1.I. The fraction of sp³-hybridized carbons (Fsp3) is 0.579. The number of H-pyrrole nitrogens is 1. The lowest BCUT2D eigenvalue weighted by atomic mass is 10.2. The number of benzene rings is 1. The standard InChI is InChI=1S/C19H29N5O2.HI/c1-20-19(21-10-5-12-25-14-15-6-4-13-26-15)22-11-9-18-23-16-7-2-3-8-17(16)24-18;/h2-3,7-8,15H,4-6,9-14H2,1H3,(H,23,24)(H2,20,21,22);1H. The van der Waals surface area contributed by atoms with E-state index in [-0.39, 0.29) is 24.0 Å². The van der Waals surface area contributed by atoms with Gasteiger partial charge in [0, 0.05) is 39.8 Å². The molecule has 0 bridgehead atoms. The lowest BCUT2D eigenvalue weighted by Crippen LogP contribution is -2.39. The minimum Gasteiger partial charge on any atom is -0.379 e. The molecule has 27 heavy (non-hydrogen) atoms. The van der Waals surface area contributed by atoms with Gasteiger partial charge in [-0.1, -0.05) is 12.1 Å². The molecule has 1 unspecified atom stereocenters. The molecule has 0 aliphatic carbocycles. The first-order valence-electron chi connectivity index (χ1n) is 9.42. The zero-order valence-corrected chi connectivity index (χ0v) is 18.2. The number of aliphatic imine (C=N–C) groups is 1. The van der Waals surface area contributed by atoms with Crippen molar-refractivity contribution in [1.29, 1.82) is 0 Å². The molecule has 0 saturated carbocycles. The summed E-state index contributed by atoms with van der Waals surface area (Å²) in [6.07, 6.45) is 4.35. The smallest absolute Gasteiger partial charge is 0.190 e. The summed E-state index contributed by atoms with van der Waals surface area (Å²) in [5, 5.41) is 6.62. The molecule has 1 atom stereocenters. The van der Waals surface area contributed by atoms with Crippen LogP contribution >= 0.6 is 24.0 Å². The molecule has 150 valence electrons. The zero-order chi connectivity index (χ0) is 18.0. The minimum atomic E-state index is 0. The fourth-order valence-corrected chi connectivity index (χ4v) is 3.02. The Hall–Kier alpha value is -1.39. The van der Waals surface area contributed by atoms with E-state index in [1.54, 1.807) is 7.05 Å². The van der Waals surface area contributed by atoms with Crippen LogP contribution in [0.4, 0.5) is 0 Å². The van der Waals surface area contributed by atoms with Gasteiger partial charge in [0.2, 0.25) is 0 Å². The molecule has 2 heterocycles. The number of nitrogens with one attached hydrogen (secondary N) is 3. The molecule has 0 radical (unpaired) electrons. The van der Waals surface area contributed by atoms with Crippen LogP contribution in [0.3, 0.4) is 0 Å². The van der Waals surface area contributed by atoms with Crippen LogP contribution in [0.25, 0.3) is 11.0 Å². The van der Waals surface area contributed by atoms with Crippen LogP contribution in [0, 0.1) is 0 Å². The second-order valence-electron chi connectivity index (χ2n) is 6.44. The first kappa shape index (κ1) is 21.9. The molecule has 1 saturated heterocycles. The average molecular weight is 487 g/mol. The summed E-state index contributed by atoms with van der Waals surface area (Å²) < 4.78 is 11.2. The van der Waals surface area contributed by atoms with Crippen molar-refractivity contribution in [3.63, 3.8) is 0 Å². The van der Waals surface area contributed by atoms with Crippen molar-refractivity contribution < 1.29 is 9.47 Å². The van der Waals surface area contributed by atoms with Gasteiger partial charge in [-0.2, -0.15) is 0 Å². The molecule has 3 rings (SSSR count). The van der Waals surface area contributed by atoms with E-state index in [2.05, 4.69) is 25.6 Å². The van der Waals surface area contributed by atoms with Crippen molar-refractivity contribution in [1.82, 2.24) is 20.6 Å². The molecule has 1 fully saturated rings. The maximum Gasteiger partial charge on any atom is 0.190 e. The number of fused-ring (bicyclic) bond motifs is 1. The Labute approximate surface area is 177 Å². The number of aromatic nitrogens is 2. The molecule has 8 heteroatoms. The van der Waals surface area contributed by atoms with Crippen molar-refractivity contribution in [2.75, 3.05) is 40.0 Å². The summed E-state index contributed by atoms with van der Waals surface area (Å²) in [4.78, 5) is 12.2. The molecule has 1 aromatic heterocycles. The van der Waals surface area contributed by atoms with Gasteiger partial charge in [-0.3, -0.25) is 4.99 Å². The van der Waals surface area contributed by atoms with Crippen LogP contribution in [-0.4, -0.2) is 62.0 Å². The molecule has 1 aliphatic rings. The molecule has 1 aliphatic heterocycles. The summed E-state index contributed by atoms with van der Waals surface area (Å²) in [6.45, 7) is 3.93. The number of nitrogens with zero attached hydrogens (tertiary/aromatic N) is 2. The lowest BCUT2D eigenvalue weighted by Gasteiger charge is -2.12. The first-order chi connectivity index (χ1) is 12.8. The summed E-state index contributed by atoms with van der Waals surface area (Å²) in [5.74, 6) is 1.79. The van der Waals surface area contributed by atoms with Gasteiger partial charge in [-0.05, 0) is 31.4 Å². The molecule has 0 spiro atoms. The van der Waals surface area contributed by atoms with Crippen LogP contribution in [0.5, 0.6) is 0 Å². The van der Waals surface area contributed by atoms with E-state index in [1.807, 2.05) is 24.3 Å². The number of para-hydroxylation sites is 2. The highest BCUT2D eigenvalue weighted by Gasteiger charge is 2.14. The Morgan fingerprint density at radius 1 is 1.33 bits per heavy atom. The van der Waals surface area contributed by atoms with Gasteiger partial charge in [0.25, 0.3) is 0 Å². The third-order valence-corrected chi connectivity index (χ3v) is 4.40. The minimum absolute atomic E-state index is 0. The van der Waals surface area contributed by atoms with Gasteiger partial charge >= 0.3 is 0 Å². The summed E-state index contributed by atoms with van der Waals surface area (Å²) in [7, 11) is 1.78. The lowest BCUT2D eigenvalue weighted by molar-refractivity contribution is 0.0168. The van der Waals surface area contributed by atoms with Crippen LogP contribution in [0.15, 0.2) is 29.3 Å². The number of ether oxygens (including phenoxy) is 2. The molecule has 0 amide bonds. The maximum absolute atomic E-state index is 5.66. The van der Waals surface area contributed by atoms with Crippen molar-refractivity contribution >= 4 is 41.0 Å². The number of guanidine groups is 1. The van der Waals surface area contributed by atoms with Gasteiger partial charge in [0.05, 0.1) is 23.7 Å². The first-order valence-corrected chi connectivity index (χ1v) is 9.42. The van der Waals surface area contributed by atoms with E-state index in [1.165, 1.54) is 0 Å². The predicted octanol–water partition coefficient (Wildman–Crippen LogP) is 2.47. The van der Waals surface area contributed by atoms with Crippen molar-refractivity contribution in [3.8, 4) is 0 Å². The fourth-order valence-electron chi connectivity index (χ4n) is 3.02. The molecule has 7 nitrogen and oxygen atoms in total. The Bertz CT molecular complexity index is 667. The van der Waals surface area contributed by atoms with E-state index in [4.69, 9.17) is 9.47 Å². The summed E-state index contributed by atoms with van der Waals surface area (Å²) in [5.41, 5.74) is 2.08. The summed E-state index contributed by atoms with van der Waals surface area (Å²) >= 11 is 0. The van der Waals surface area contributed by atoms with Crippen LogP contribution in [0.2, 0.25) is 0 Å². The third-order valence-electron chi connectivity index (χ3n) is 4.40. The van der Waals surface area contributed by atoms with Crippen LogP contribution in [-0.2, 0) is 15.9 Å². The van der Waals surface area contributed by atoms with E-state index in [9.17, 15) is 0 Å². The highest BCUT2D eigenvalue weighted by atomic mass is 127. The van der Waals surface area contributed by atoms with Gasteiger partial charge in [0.1, 0.15) is 5.82 Å². The van der Waals surface area contributed by atoms with Crippen molar-refractivity contribution in [2.24, 2.45) is 4.99 Å². The Morgan fingerprint density at radius 3 is 2.96 bits per heavy atom. The monoisotopic (exact) mass is 487 g/mol. The average Bonchev–Trinajstić information content (AvgIpc) is 3.32. The number of imidazole rings is 1. The van der Waals surface area contributed by atoms with Gasteiger partial charge < -0.3 is 25.1 Å². The number of rotatable bonds is 9. The quantitative estimate of drug-likeness (QED) is 0.219. The third kappa shape index (κ3) is 7.27. The second-order valence-corrected chi connectivity index (χ2v) is 6.44. The van der Waals surface area contributed by atoms with Gasteiger partial charge in [-0.15, -0.1) is 24.0 Å². The highest BCUT2D eigenvalue weighted by Crippen LogP contribution is 2.12. The highest BCUT2D eigenvalue weighted by molar-refractivity contribution is 14.0. The van der Waals surface area contributed by atoms with Gasteiger partial charge in [0.15, 0.2) is 5.96 Å². The predicted molar refractivity (Wildman–Crippen MR) is 119 cm³/mol. The molecular formula is C19H30IN5O2. The van der Waals surface area contributed by atoms with E-state index >= 15 is 0 Å². The molecular weight excluding hydrogens is 457 g/mol. The topological polar surface area (TPSA) is 83.6 Å². The molecule has 2 aromatic rings. The second kappa shape index (κ2) is 12.1. The van der Waals surface area contributed by atoms with Crippen LogP contribution in [0.1, 0.15) is 25.1 Å². The zero-order valence-electron chi connectivity index (χ0n) is 15.9. The van der Waals surface area contributed by atoms with Crippen LogP contribution < -0.4 is 10.6 Å². The Balaban J connectivity index is 0.00000261. The Morgan fingerprint density at radius 2 is 2.19 bits per heavy atom. The Kier molecular flexibility index (Phi) is 9.85.